The van der Waals surface area contributed by atoms with Crippen molar-refractivity contribution < 1.29 is 8.81 Å². The molecule has 16 heavy (non-hydrogen) atoms. The Morgan fingerprint density at radius 3 is 3.00 bits per heavy atom. The van der Waals surface area contributed by atoms with Gasteiger partial charge >= 0.3 is 0 Å². The zero-order valence-electron chi connectivity index (χ0n) is 8.59. The summed E-state index contributed by atoms with van der Waals surface area (Å²) in [4.78, 5) is 0. The van der Waals surface area contributed by atoms with Gasteiger partial charge in [0.05, 0.1) is 10.7 Å². The molecule has 0 bridgehead atoms. The third-order valence-electron chi connectivity index (χ3n) is 2.83. The molecule has 1 aliphatic carbocycles. The second kappa shape index (κ2) is 3.86. The Hall–Kier alpha value is -0.870. The summed E-state index contributed by atoms with van der Waals surface area (Å²) in [6.07, 6.45) is 4.19. The molecule has 0 saturated heterocycles. The summed E-state index contributed by atoms with van der Waals surface area (Å²) >= 11 is 3.30. The molecule has 0 unspecified atom stereocenters. The van der Waals surface area contributed by atoms with Gasteiger partial charge in [0.25, 0.3) is 0 Å². The summed E-state index contributed by atoms with van der Waals surface area (Å²) in [5.41, 5.74) is 1.73. The smallest absolute Gasteiger partial charge is 0.148 e. The maximum Gasteiger partial charge on any atom is 0.148 e. The van der Waals surface area contributed by atoms with Crippen LogP contribution in [0.5, 0.6) is 0 Å². The molecule has 1 heterocycles. The van der Waals surface area contributed by atoms with Gasteiger partial charge in [-0.15, -0.1) is 0 Å². The molecule has 0 spiro atoms. The first-order valence-corrected chi connectivity index (χ1v) is 6.12. The van der Waals surface area contributed by atoms with E-state index in [2.05, 4.69) is 21.2 Å². The number of hydrogen-bond acceptors (Lipinski definition) is 2. The standard InChI is InChI=1S/C12H11BrFNO/c13-11-4-8(14)3-10-7(6-16-12(10)11)5-15-9-1-2-9/h3-4,6,9,15H,1-2,5H2. The van der Waals surface area contributed by atoms with Crippen molar-refractivity contribution in [2.24, 2.45) is 0 Å². The van der Waals surface area contributed by atoms with Gasteiger partial charge in [0.2, 0.25) is 0 Å². The zero-order chi connectivity index (χ0) is 11.1. The number of nitrogens with one attached hydrogen (secondary N) is 1. The molecule has 0 radical (unpaired) electrons. The minimum atomic E-state index is -0.242. The molecule has 1 aliphatic rings. The minimum absolute atomic E-state index is 0.242. The van der Waals surface area contributed by atoms with Gasteiger partial charge in [0.15, 0.2) is 0 Å². The highest BCUT2D eigenvalue weighted by Crippen LogP contribution is 2.30. The summed E-state index contributed by atoms with van der Waals surface area (Å²) < 4.78 is 19.4. The number of hydrogen-bond donors (Lipinski definition) is 1. The summed E-state index contributed by atoms with van der Waals surface area (Å²) in [6, 6.07) is 3.58. The number of rotatable bonds is 3. The van der Waals surface area contributed by atoms with Gasteiger partial charge in [-0.3, -0.25) is 0 Å². The Balaban J connectivity index is 1.97. The molecule has 0 atom stereocenters. The molecule has 0 amide bonds. The van der Waals surface area contributed by atoms with Crippen LogP contribution in [0.3, 0.4) is 0 Å². The molecule has 1 fully saturated rings. The second-order valence-corrected chi connectivity index (χ2v) is 5.03. The van der Waals surface area contributed by atoms with E-state index in [4.69, 9.17) is 4.42 Å². The van der Waals surface area contributed by atoms with Crippen LogP contribution in [0.4, 0.5) is 4.39 Å². The van der Waals surface area contributed by atoms with Gasteiger partial charge < -0.3 is 9.73 Å². The Morgan fingerprint density at radius 2 is 2.25 bits per heavy atom. The van der Waals surface area contributed by atoms with Crippen molar-refractivity contribution in [3.63, 3.8) is 0 Å². The van der Waals surface area contributed by atoms with Crippen LogP contribution in [0.2, 0.25) is 0 Å². The van der Waals surface area contributed by atoms with Crippen molar-refractivity contribution in [1.82, 2.24) is 5.32 Å². The molecule has 1 aromatic carbocycles. The van der Waals surface area contributed by atoms with Crippen molar-refractivity contribution >= 4 is 26.9 Å². The Morgan fingerprint density at radius 1 is 1.44 bits per heavy atom. The number of furan rings is 1. The predicted octanol–water partition coefficient (Wildman–Crippen LogP) is 3.59. The monoisotopic (exact) mass is 283 g/mol. The number of fused-ring (bicyclic) bond motifs is 1. The van der Waals surface area contributed by atoms with E-state index in [1.807, 2.05) is 0 Å². The van der Waals surface area contributed by atoms with E-state index in [9.17, 15) is 4.39 Å². The molecule has 2 nitrogen and oxygen atoms in total. The highest BCUT2D eigenvalue weighted by Gasteiger charge is 2.21. The molecule has 2 aromatic rings. The zero-order valence-corrected chi connectivity index (χ0v) is 10.2. The third-order valence-corrected chi connectivity index (χ3v) is 3.42. The maximum absolute atomic E-state index is 13.3. The van der Waals surface area contributed by atoms with Crippen molar-refractivity contribution in [1.29, 1.82) is 0 Å². The van der Waals surface area contributed by atoms with E-state index < -0.39 is 0 Å². The molecule has 1 aromatic heterocycles. The van der Waals surface area contributed by atoms with Crippen LogP contribution in [-0.4, -0.2) is 6.04 Å². The second-order valence-electron chi connectivity index (χ2n) is 4.18. The normalized spacial score (nSPS) is 15.9. The number of halogens is 2. The lowest BCUT2D eigenvalue weighted by Gasteiger charge is -2.00. The third kappa shape index (κ3) is 1.87. The minimum Gasteiger partial charge on any atom is -0.463 e. The van der Waals surface area contributed by atoms with Crippen molar-refractivity contribution in [2.75, 3.05) is 0 Å². The molecular weight excluding hydrogens is 273 g/mol. The number of benzene rings is 1. The maximum atomic E-state index is 13.3. The van der Waals surface area contributed by atoms with Gasteiger partial charge in [-0.2, -0.15) is 0 Å². The highest BCUT2D eigenvalue weighted by atomic mass is 79.9. The topological polar surface area (TPSA) is 25.2 Å². The average molecular weight is 284 g/mol. The lowest BCUT2D eigenvalue weighted by Crippen LogP contribution is -2.14. The fraction of sp³-hybridized carbons (Fsp3) is 0.333. The van der Waals surface area contributed by atoms with Gasteiger partial charge in [-0.1, -0.05) is 0 Å². The first-order chi connectivity index (χ1) is 7.74. The van der Waals surface area contributed by atoms with E-state index in [0.717, 1.165) is 17.5 Å². The van der Waals surface area contributed by atoms with E-state index in [0.29, 0.717) is 16.1 Å². The quantitative estimate of drug-likeness (QED) is 0.931. The lowest BCUT2D eigenvalue weighted by atomic mass is 10.2. The van der Waals surface area contributed by atoms with Gasteiger partial charge in [-0.25, -0.2) is 4.39 Å². The molecular formula is C12H11BrFNO. The summed E-state index contributed by atoms with van der Waals surface area (Å²) in [6.45, 7) is 0.744. The first-order valence-electron chi connectivity index (χ1n) is 5.32. The van der Waals surface area contributed by atoms with Crippen LogP contribution in [0.25, 0.3) is 11.0 Å². The van der Waals surface area contributed by atoms with Crippen LogP contribution >= 0.6 is 15.9 Å². The van der Waals surface area contributed by atoms with E-state index in [-0.39, 0.29) is 5.82 Å². The van der Waals surface area contributed by atoms with Gasteiger partial charge in [0, 0.05) is 23.5 Å². The first kappa shape index (κ1) is 10.3. The largest absolute Gasteiger partial charge is 0.463 e. The van der Waals surface area contributed by atoms with E-state index in [1.54, 1.807) is 6.26 Å². The summed E-state index contributed by atoms with van der Waals surface area (Å²) in [5.74, 6) is -0.242. The van der Waals surface area contributed by atoms with Crippen LogP contribution in [-0.2, 0) is 6.54 Å². The lowest BCUT2D eigenvalue weighted by molar-refractivity contribution is 0.597. The summed E-state index contributed by atoms with van der Waals surface area (Å²) in [5, 5.41) is 4.24. The predicted molar refractivity (Wildman–Crippen MR) is 63.7 cm³/mol. The molecule has 4 heteroatoms. The van der Waals surface area contributed by atoms with E-state index >= 15 is 0 Å². The van der Waals surface area contributed by atoms with Crippen molar-refractivity contribution in [2.45, 2.75) is 25.4 Å². The fourth-order valence-corrected chi connectivity index (χ4v) is 2.32. The molecule has 84 valence electrons. The van der Waals surface area contributed by atoms with Crippen molar-refractivity contribution in [3.05, 3.63) is 34.2 Å². The molecule has 1 saturated carbocycles. The highest BCUT2D eigenvalue weighted by molar-refractivity contribution is 9.10. The van der Waals surface area contributed by atoms with Crippen molar-refractivity contribution in [3.8, 4) is 0 Å². The van der Waals surface area contributed by atoms with Gasteiger partial charge in [-0.05, 0) is 40.9 Å². The molecule has 0 aliphatic heterocycles. The fourth-order valence-electron chi connectivity index (χ4n) is 1.79. The van der Waals surface area contributed by atoms with E-state index in [1.165, 1.54) is 25.0 Å². The van der Waals surface area contributed by atoms with Crippen LogP contribution in [0.15, 0.2) is 27.3 Å². The molecule has 1 N–H and O–H groups in total. The average Bonchev–Trinajstić information content (AvgIpc) is 2.97. The Bertz CT molecular complexity index is 533. The van der Waals surface area contributed by atoms with Crippen LogP contribution < -0.4 is 5.32 Å². The van der Waals surface area contributed by atoms with Crippen LogP contribution in [0.1, 0.15) is 18.4 Å². The van der Waals surface area contributed by atoms with Crippen LogP contribution in [0, 0.1) is 5.82 Å². The Kier molecular flexibility index (Phi) is 2.48. The van der Waals surface area contributed by atoms with Gasteiger partial charge in [0.1, 0.15) is 11.4 Å². The molecule has 3 rings (SSSR count). The SMILES string of the molecule is Fc1cc(Br)c2occ(CNC3CC3)c2c1. The Labute approximate surface area is 101 Å². The summed E-state index contributed by atoms with van der Waals surface area (Å²) in [7, 11) is 0.